The van der Waals surface area contributed by atoms with Gasteiger partial charge >= 0.3 is 0 Å². The Morgan fingerprint density at radius 1 is 1.13 bits per heavy atom. The molecular formula is C20H26N8O3. The maximum absolute atomic E-state index is 12.9. The molecule has 11 heteroatoms. The molecule has 11 nitrogen and oxygen atoms in total. The average molecular weight is 426 g/mol. The summed E-state index contributed by atoms with van der Waals surface area (Å²) >= 11 is 0. The van der Waals surface area contributed by atoms with Gasteiger partial charge in [0, 0.05) is 19.3 Å². The molecule has 2 N–H and O–H groups in total. The van der Waals surface area contributed by atoms with Crippen molar-refractivity contribution < 1.29 is 14.3 Å². The molecule has 0 unspecified atom stereocenters. The smallest absolute Gasteiger partial charge is 0.270 e. The van der Waals surface area contributed by atoms with Crippen LogP contribution in [0, 0.1) is 23.7 Å². The zero-order chi connectivity index (χ0) is 20.8. The number of tetrazole rings is 1. The van der Waals surface area contributed by atoms with E-state index in [-0.39, 0.29) is 17.6 Å². The number of amides is 1. The fourth-order valence-corrected chi connectivity index (χ4v) is 6.10. The molecular weight excluding hydrogens is 400 g/mol. The van der Waals surface area contributed by atoms with Gasteiger partial charge in [0.2, 0.25) is 11.8 Å². The topological polar surface area (TPSA) is 131 Å². The molecule has 0 aromatic carbocycles. The first kappa shape index (κ1) is 18.9. The van der Waals surface area contributed by atoms with Gasteiger partial charge < -0.3 is 14.4 Å². The van der Waals surface area contributed by atoms with Crippen molar-refractivity contribution in [2.75, 3.05) is 36.5 Å². The highest BCUT2D eigenvalue weighted by atomic mass is 16.5. The number of carbonyl (C=O) groups is 1. The van der Waals surface area contributed by atoms with E-state index in [0.29, 0.717) is 50.0 Å². The Kier molecular flexibility index (Phi) is 4.70. The molecule has 1 amide bonds. The number of anilines is 2. The van der Waals surface area contributed by atoms with Gasteiger partial charge in [0.25, 0.3) is 11.9 Å². The molecule has 0 atom stereocenters. The summed E-state index contributed by atoms with van der Waals surface area (Å²) in [6, 6.07) is 0. The fourth-order valence-electron chi connectivity index (χ4n) is 6.10. The number of rotatable bonds is 5. The Labute approximate surface area is 179 Å². The molecule has 0 radical (unpaired) electrons. The van der Waals surface area contributed by atoms with Gasteiger partial charge in [0.1, 0.15) is 11.7 Å². The zero-order valence-corrected chi connectivity index (χ0v) is 17.2. The van der Waals surface area contributed by atoms with Crippen molar-refractivity contribution >= 4 is 17.8 Å². The normalized spacial score (nSPS) is 31.6. The molecule has 4 bridgehead atoms. The number of aromatic amines is 1. The predicted octanol–water partition coefficient (Wildman–Crippen LogP) is 1.28. The highest BCUT2D eigenvalue weighted by Gasteiger charge is 2.49. The van der Waals surface area contributed by atoms with Crippen LogP contribution in [0.15, 0.2) is 6.20 Å². The largest absolute Gasteiger partial charge is 0.473 e. The maximum atomic E-state index is 12.9. The highest BCUT2D eigenvalue weighted by Crippen LogP contribution is 2.54. The van der Waals surface area contributed by atoms with Crippen LogP contribution in [-0.4, -0.2) is 68.9 Å². The van der Waals surface area contributed by atoms with Crippen LogP contribution < -0.4 is 15.0 Å². The molecule has 1 aliphatic heterocycles. The quantitative estimate of drug-likeness (QED) is 0.726. The molecule has 3 heterocycles. The molecule has 5 aliphatic rings. The minimum absolute atomic E-state index is 0.0998. The lowest BCUT2D eigenvalue weighted by Crippen LogP contribution is -2.51. The highest BCUT2D eigenvalue weighted by molar-refractivity contribution is 6.04. The average Bonchev–Trinajstić information content (AvgIpc) is 3.29. The molecule has 4 saturated carbocycles. The number of carbonyl (C=O) groups excluding carboxylic acids is 1. The number of ether oxygens (including phenoxy) is 2. The van der Waals surface area contributed by atoms with Crippen molar-refractivity contribution in [1.82, 2.24) is 30.6 Å². The Hall–Kier alpha value is -2.82. The molecule has 31 heavy (non-hydrogen) atoms. The molecule has 0 spiro atoms. The van der Waals surface area contributed by atoms with E-state index in [1.54, 1.807) is 6.20 Å². The predicted molar refractivity (Wildman–Crippen MR) is 109 cm³/mol. The third kappa shape index (κ3) is 3.60. The molecule has 2 aromatic rings. The van der Waals surface area contributed by atoms with Crippen molar-refractivity contribution in [2.24, 2.45) is 23.7 Å². The van der Waals surface area contributed by atoms with E-state index >= 15 is 0 Å². The van der Waals surface area contributed by atoms with Crippen molar-refractivity contribution in [2.45, 2.75) is 38.2 Å². The van der Waals surface area contributed by atoms with E-state index in [9.17, 15) is 4.79 Å². The number of nitrogens with zero attached hydrogens (tertiary/aromatic N) is 6. The lowest BCUT2D eigenvalue weighted by Gasteiger charge is -2.53. The second-order valence-corrected chi connectivity index (χ2v) is 9.19. The molecule has 5 fully saturated rings. The van der Waals surface area contributed by atoms with Crippen LogP contribution in [0.1, 0.15) is 42.5 Å². The molecule has 4 aliphatic carbocycles. The summed E-state index contributed by atoms with van der Waals surface area (Å²) < 4.78 is 12.0. The summed E-state index contributed by atoms with van der Waals surface area (Å²) in [7, 11) is 0. The number of hydrogen-bond donors (Lipinski definition) is 2. The van der Waals surface area contributed by atoms with Crippen molar-refractivity contribution in [3.8, 4) is 5.88 Å². The van der Waals surface area contributed by atoms with Crippen LogP contribution in [0.2, 0.25) is 0 Å². The molecule has 7 rings (SSSR count). The second-order valence-electron chi connectivity index (χ2n) is 9.19. The van der Waals surface area contributed by atoms with Gasteiger partial charge in [-0.05, 0) is 61.0 Å². The fraction of sp³-hybridized carbons (Fsp3) is 0.700. The van der Waals surface area contributed by atoms with Gasteiger partial charge in [0.15, 0.2) is 0 Å². The molecule has 164 valence electrons. The Morgan fingerprint density at radius 3 is 2.55 bits per heavy atom. The van der Waals surface area contributed by atoms with Crippen LogP contribution in [0.25, 0.3) is 0 Å². The number of aromatic nitrogens is 6. The van der Waals surface area contributed by atoms with Crippen molar-refractivity contribution in [3.05, 3.63) is 11.8 Å². The van der Waals surface area contributed by atoms with Crippen LogP contribution in [0.3, 0.4) is 0 Å². The molecule has 2 aromatic heterocycles. The van der Waals surface area contributed by atoms with Crippen molar-refractivity contribution in [3.63, 3.8) is 0 Å². The Bertz CT molecular complexity index is 918. The third-order valence-corrected chi connectivity index (χ3v) is 7.24. The number of morpholine rings is 1. The van der Waals surface area contributed by atoms with Crippen LogP contribution in [-0.2, 0) is 4.74 Å². The standard InChI is InChI=1S/C20H26N8O3/c29-17(22-19-24-26-27-25-19)15-10-21-20(28-1-3-30-4-2-28)23-18(15)31-16-13-6-11-5-12(8-13)9-14(16)7-11/h10-14,16H,1-9H2,(H2,22,24,25,26,27,29). The maximum Gasteiger partial charge on any atom is 0.270 e. The first-order valence-corrected chi connectivity index (χ1v) is 11.1. The number of hydrogen-bond acceptors (Lipinski definition) is 9. The first-order valence-electron chi connectivity index (χ1n) is 11.1. The summed E-state index contributed by atoms with van der Waals surface area (Å²) in [6.45, 7) is 2.70. The summed E-state index contributed by atoms with van der Waals surface area (Å²) in [5.74, 6) is 3.39. The summed E-state index contributed by atoms with van der Waals surface area (Å²) in [6.07, 6.45) is 7.93. The van der Waals surface area contributed by atoms with Gasteiger partial charge in [-0.25, -0.2) is 4.98 Å². The zero-order valence-electron chi connectivity index (χ0n) is 17.2. The van der Waals surface area contributed by atoms with Gasteiger partial charge in [-0.2, -0.15) is 10.2 Å². The minimum atomic E-state index is -0.409. The minimum Gasteiger partial charge on any atom is -0.473 e. The van der Waals surface area contributed by atoms with Crippen LogP contribution >= 0.6 is 0 Å². The van der Waals surface area contributed by atoms with Crippen LogP contribution in [0.4, 0.5) is 11.9 Å². The van der Waals surface area contributed by atoms with Crippen LogP contribution in [0.5, 0.6) is 5.88 Å². The van der Waals surface area contributed by atoms with E-state index in [4.69, 9.17) is 14.5 Å². The number of nitrogens with one attached hydrogen (secondary N) is 2. The monoisotopic (exact) mass is 426 g/mol. The van der Waals surface area contributed by atoms with E-state index < -0.39 is 5.91 Å². The van der Waals surface area contributed by atoms with E-state index in [2.05, 4.69) is 35.8 Å². The number of H-pyrrole nitrogens is 1. The summed E-state index contributed by atoms with van der Waals surface area (Å²) in [5, 5.41) is 16.0. The Morgan fingerprint density at radius 2 is 1.87 bits per heavy atom. The van der Waals surface area contributed by atoms with E-state index in [1.807, 2.05) is 0 Å². The van der Waals surface area contributed by atoms with E-state index in [1.165, 1.54) is 32.1 Å². The SMILES string of the molecule is O=C(Nc1nn[nH]n1)c1cnc(N2CCOCC2)nc1OC1C2CC3CC(C2)CC1C3. The van der Waals surface area contributed by atoms with Gasteiger partial charge in [-0.15, -0.1) is 5.10 Å². The van der Waals surface area contributed by atoms with Gasteiger partial charge in [0.05, 0.1) is 13.2 Å². The summed E-state index contributed by atoms with van der Waals surface area (Å²) in [4.78, 5) is 24.2. The Balaban J connectivity index is 1.30. The third-order valence-electron chi connectivity index (χ3n) is 7.24. The van der Waals surface area contributed by atoms with Crippen molar-refractivity contribution in [1.29, 1.82) is 0 Å². The second kappa shape index (κ2) is 7.70. The first-order chi connectivity index (χ1) is 15.2. The van der Waals surface area contributed by atoms with Gasteiger partial charge in [-0.3, -0.25) is 10.1 Å². The lowest BCUT2D eigenvalue weighted by molar-refractivity contribution is -0.0806. The van der Waals surface area contributed by atoms with E-state index in [0.717, 1.165) is 11.8 Å². The molecule has 1 saturated heterocycles. The summed E-state index contributed by atoms with van der Waals surface area (Å²) in [5.41, 5.74) is 0.288. The lowest BCUT2D eigenvalue weighted by atomic mass is 9.55. The van der Waals surface area contributed by atoms with Gasteiger partial charge in [-0.1, -0.05) is 5.10 Å².